The highest BCUT2D eigenvalue weighted by Crippen LogP contribution is 2.46. The number of hydrogen-bond donors (Lipinski definition) is 1. The molecular formula is C25H23F2NO2. The molecule has 0 bridgehead atoms. The molecule has 0 aliphatic carbocycles. The standard InChI is InChI=1S/C25H23F2NO2/c1-16(17-3-7-19(26)8-4-17)2-15-23-24(18-5-13-22(29)14-6-18)28(25(23)30)21-11-9-20(27)10-12-21/h3-14,16,23-24,29H,2,15H2,1H3/t16?,23-,24-/m1/s1. The number of nitrogens with zero attached hydrogens (tertiary/aromatic N) is 1. The number of aromatic hydroxyl groups is 1. The number of hydrogen-bond acceptors (Lipinski definition) is 2. The maximum absolute atomic E-state index is 13.4. The largest absolute Gasteiger partial charge is 0.508 e. The number of rotatable bonds is 6. The lowest BCUT2D eigenvalue weighted by Gasteiger charge is -2.48. The SMILES string of the molecule is CC(CC[C@H]1C(=O)N(c2ccc(F)cc2)[C@@H]1c1ccc(O)cc1)c1ccc(F)cc1. The monoisotopic (exact) mass is 407 g/mol. The van der Waals surface area contributed by atoms with Gasteiger partial charge in [-0.1, -0.05) is 31.2 Å². The number of β-lactam (4-membered cyclic amide) rings is 1. The van der Waals surface area contributed by atoms with E-state index in [1.807, 2.05) is 12.1 Å². The van der Waals surface area contributed by atoms with Crippen molar-refractivity contribution in [3.8, 4) is 5.75 Å². The highest BCUT2D eigenvalue weighted by Gasteiger charge is 2.48. The van der Waals surface area contributed by atoms with E-state index in [-0.39, 0.29) is 41.2 Å². The molecule has 1 unspecified atom stereocenters. The minimum atomic E-state index is -0.349. The Balaban J connectivity index is 1.55. The fourth-order valence-electron chi connectivity index (χ4n) is 4.16. The molecule has 3 atom stereocenters. The van der Waals surface area contributed by atoms with Crippen LogP contribution in [-0.2, 0) is 4.79 Å². The zero-order valence-corrected chi connectivity index (χ0v) is 16.6. The van der Waals surface area contributed by atoms with Crippen molar-refractivity contribution < 1.29 is 18.7 Å². The van der Waals surface area contributed by atoms with Crippen LogP contribution in [0.2, 0.25) is 0 Å². The molecule has 4 rings (SSSR count). The molecule has 0 spiro atoms. The van der Waals surface area contributed by atoms with E-state index in [1.165, 1.54) is 24.3 Å². The Labute approximate surface area is 174 Å². The van der Waals surface area contributed by atoms with E-state index in [2.05, 4.69) is 6.92 Å². The quantitative estimate of drug-likeness (QED) is 0.512. The van der Waals surface area contributed by atoms with Crippen molar-refractivity contribution in [2.45, 2.75) is 31.7 Å². The number of amides is 1. The van der Waals surface area contributed by atoms with Gasteiger partial charge in [0, 0.05) is 5.69 Å². The average Bonchev–Trinajstić information content (AvgIpc) is 2.74. The van der Waals surface area contributed by atoms with E-state index in [9.17, 15) is 18.7 Å². The number of carbonyl (C=O) groups excluding carboxylic acids is 1. The first-order valence-electron chi connectivity index (χ1n) is 10.1. The van der Waals surface area contributed by atoms with Crippen LogP contribution in [0.1, 0.15) is 42.9 Å². The molecule has 0 radical (unpaired) electrons. The fourth-order valence-corrected chi connectivity index (χ4v) is 4.16. The van der Waals surface area contributed by atoms with E-state index in [4.69, 9.17) is 0 Å². The van der Waals surface area contributed by atoms with Gasteiger partial charge >= 0.3 is 0 Å². The Morgan fingerprint density at radius 3 is 2.07 bits per heavy atom. The molecular weight excluding hydrogens is 384 g/mol. The Kier molecular flexibility index (Phi) is 5.53. The van der Waals surface area contributed by atoms with Crippen LogP contribution in [0.3, 0.4) is 0 Å². The molecule has 1 saturated heterocycles. The molecule has 1 aliphatic heterocycles. The number of phenols is 1. The summed E-state index contributed by atoms with van der Waals surface area (Å²) in [6.45, 7) is 2.07. The van der Waals surface area contributed by atoms with Gasteiger partial charge in [0.25, 0.3) is 0 Å². The van der Waals surface area contributed by atoms with Crippen molar-refractivity contribution in [1.29, 1.82) is 0 Å². The van der Waals surface area contributed by atoms with Crippen LogP contribution in [0.25, 0.3) is 0 Å². The summed E-state index contributed by atoms with van der Waals surface area (Å²) in [5, 5.41) is 9.63. The zero-order valence-electron chi connectivity index (χ0n) is 16.6. The third-order valence-electron chi connectivity index (χ3n) is 5.90. The third-order valence-corrected chi connectivity index (χ3v) is 5.90. The fraction of sp³-hybridized carbons (Fsp3) is 0.240. The molecule has 1 amide bonds. The number of carbonyl (C=O) groups is 1. The first-order chi connectivity index (χ1) is 14.4. The van der Waals surface area contributed by atoms with Gasteiger partial charge in [-0.2, -0.15) is 0 Å². The van der Waals surface area contributed by atoms with Crippen molar-refractivity contribution >= 4 is 11.6 Å². The molecule has 154 valence electrons. The van der Waals surface area contributed by atoms with Crippen LogP contribution >= 0.6 is 0 Å². The number of phenolic OH excluding ortho intramolecular Hbond substituents is 1. The second-order valence-electron chi connectivity index (χ2n) is 7.86. The first-order valence-corrected chi connectivity index (χ1v) is 10.1. The topological polar surface area (TPSA) is 40.5 Å². The Morgan fingerprint density at radius 1 is 0.900 bits per heavy atom. The Bertz CT molecular complexity index is 1020. The van der Waals surface area contributed by atoms with Gasteiger partial charge in [0.05, 0.1) is 12.0 Å². The van der Waals surface area contributed by atoms with Crippen LogP contribution < -0.4 is 4.90 Å². The lowest BCUT2D eigenvalue weighted by Crippen LogP contribution is -2.55. The van der Waals surface area contributed by atoms with Gasteiger partial charge in [0.2, 0.25) is 5.91 Å². The molecule has 0 aromatic heterocycles. The summed E-state index contributed by atoms with van der Waals surface area (Å²) < 4.78 is 26.5. The molecule has 1 fully saturated rings. The summed E-state index contributed by atoms with van der Waals surface area (Å²) in [5.41, 5.74) is 2.62. The summed E-state index contributed by atoms with van der Waals surface area (Å²) in [7, 11) is 0. The van der Waals surface area contributed by atoms with Gasteiger partial charge in [-0.05, 0) is 78.4 Å². The normalized spacial score (nSPS) is 19.4. The second kappa shape index (κ2) is 8.27. The molecule has 1 aliphatic rings. The van der Waals surface area contributed by atoms with E-state index in [1.54, 1.807) is 41.3 Å². The maximum Gasteiger partial charge on any atom is 0.233 e. The van der Waals surface area contributed by atoms with Gasteiger partial charge in [-0.3, -0.25) is 4.79 Å². The summed E-state index contributed by atoms with van der Waals surface area (Å²) in [6, 6.07) is 19.1. The highest BCUT2D eigenvalue weighted by atomic mass is 19.1. The molecule has 30 heavy (non-hydrogen) atoms. The van der Waals surface area contributed by atoms with E-state index >= 15 is 0 Å². The Morgan fingerprint density at radius 2 is 1.47 bits per heavy atom. The van der Waals surface area contributed by atoms with E-state index in [0.717, 1.165) is 17.5 Å². The predicted octanol–water partition coefficient (Wildman–Crippen LogP) is 5.96. The van der Waals surface area contributed by atoms with Gasteiger partial charge in [-0.25, -0.2) is 8.78 Å². The zero-order chi connectivity index (χ0) is 21.3. The molecule has 3 aromatic carbocycles. The summed E-state index contributed by atoms with van der Waals surface area (Å²) in [5.74, 6) is -0.452. The smallest absolute Gasteiger partial charge is 0.233 e. The van der Waals surface area contributed by atoms with Gasteiger partial charge in [0.15, 0.2) is 0 Å². The number of benzene rings is 3. The van der Waals surface area contributed by atoms with Crippen molar-refractivity contribution in [3.05, 3.63) is 95.6 Å². The molecule has 3 aromatic rings. The van der Waals surface area contributed by atoms with Crippen molar-refractivity contribution in [2.24, 2.45) is 5.92 Å². The van der Waals surface area contributed by atoms with Crippen molar-refractivity contribution in [1.82, 2.24) is 0 Å². The predicted molar refractivity (Wildman–Crippen MR) is 112 cm³/mol. The van der Waals surface area contributed by atoms with Gasteiger partial charge in [0.1, 0.15) is 17.4 Å². The summed E-state index contributed by atoms with van der Waals surface area (Å²) in [6.07, 6.45) is 1.47. The average molecular weight is 407 g/mol. The lowest BCUT2D eigenvalue weighted by molar-refractivity contribution is -0.130. The van der Waals surface area contributed by atoms with Crippen LogP contribution in [0, 0.1) is 17.6 Å². The molecule has 3 nitrogen and oxygen atoms in total. The maximum atomic E-state index is 13.4. The molecule has 0 saturated carbocycles. The van der Waals surface area contributed by atoms with Crippen molar-refractivity contribution in [2.75, 3.05) is 4.90 Å². The van der Waals surface area contributed by atoms with E-state index in [0.29, 0.717) is 12.1 Å². The first kappa shape index (κ1) is 20.1. The summed E-state index contributed by atoms with van der Waals surface area (Å²) >= 11 is 0. The number of halogens is 2. The molecule has 1 heterocycles. The minimum Gasteiger partial charge on any atom is -0.508 e. The van der Waals surface area contributed by atoms with Crippen molar-refractivity contribution in [3.63, 3.8) is 0 Å². The van der Waals surface area contributed by atoms with E-state index < -0.39 is 0 Å². The molecule has 1 N–H and O–H groups in total. The van der Waals surface area contributed by atoms with Gasteiger partial charge in [-0.15, -0.1) is 0 Å². The second-order valence-corrected chi connectivity index (χ2v) is 7.86. The van der Waals surface area contributed by atoms with Crippen LogP contribution in [-0.4, -0.2) is 11.0 Å². The van der Waals surface area contributed by atoms with Crippen LogP contribution in [0.5, 0.6) is 5.75 Å². The molecule has 5 heteroatoms. The van der Waals surface area contributed by atoms with Crippen LogP contribution in [0.4, 0.5) is 14.5 Å². The minimum absolute atomic E-state index is 0.00555. The number of anilines is 1. The van der Waals surface area contributed by atoms with Crippen LogP contribution in [0.15, 0.2) is 72.8 Å². The van der Waals surface area contributed by atoms with Gasteiger partial charge < -0.3 is 10.0 Å². The third kappa shape index (κ3) is 3.92. The highest BCUT2D eigenvalue weighted by molar-refractivity contribution is 6.03. The summed E-state index contributed by atoms with van der Waals surface area (Å²) in [4.78, 5) is 14.7. The Hall–Kier alpha value is -3.21. The lowest BCUT2D eigenvalue weighted by atomic mass is 9.77.